The van der Waals surface area contributed by atoms with Crippen LogP contribution in [0.3, 0.4) is 0 Å². The molecule has 0 aliphatic carbocycles. The van der Waals surface area contributed by atoms with Crippen molar-refractivity contribution in [3.8, 4) is 10.6 Å². The fraction of sp³-hybridized carbons (Fsp3) is 0.0526. The monoisotopic (exact) mass is 395 g/mol. The summed E-state index contributed by atoms with van der Waals surface area (Å²) >= 11 is 7.31. The van der Waals surface area contributed by atoms with Crippen molar-refractivity contribution in [1.29, 1.82) is 0 Å². The van der Waals surface area contributed by atoms with Crippen molar-refractivity contribution in [1.82, 2.24) is 19.7 Å². The molecule has 0 bridgehead atoms. The second kappa shape index (κ2) is 7.69. The maximum Gasteiger partial charge on any atom is 0.276 e. The number of pyridine rings is 1. The summed E-state index contributed by atoms with van der Waals surface area (Å²) in [5.41, 5.74) is 2.36. The number of halogens is 1. The average Bonchev–Trinajstić information content (AvgIpc) is 3.33. The van der Waals surface area contributed by atoms with E-state index in [1.54, 1.807) is 40.7 Å². The number of hydrogen-bond donors (Lipinski definition) is 1. The number of hydrogen-bond acceptors (Lipinski definition) is 5. The molecule has 0 unspecified atom stereocenters. The van der Waals surface area contributed by atoms with Crippen molar-refractivity contribution in [3.63, 3.8) is 0 Å². The second-order valence-electron chi connectivity index (χ2n) is 5.75. The molecular formula is C19H14ClN5OS. The highest BCUT2D eigenvalue weighted by Gasteiger charge is 2.13. The number of carbonyl (C=O) groups excluding carboxylic acids is 1. The number of nitrogens with zero attached hydrogens (tertiary/aromatic N) is 4. The molecule has 4 rings (SSSR count). The van der Waals surface area contributed by atoms with Crippen molar-refractivity contribution < 1.29 is 4.79 Å². The largest absolute Gasteiger partial charge is 0.304 e. The average molecular weight is 396 g/mol. The molecule has 0 aliphatic rings. The Kier molecular flexibility index (Phi) is 4.95. The lowest BCUT2D eigenvalue weighted by Gasteiger charge is -2.01. The number of rotatable bonds is 5. The topological polar surface area (TPSA) is 72.7 Å². The van der Waals surface area contributed by atoms with E-state index in [1.165, 1.54) is 11.3 Å². The number of nitrogens with one attached hydrogen (secondary N) is 1. The van der Waals surface area contributed by atoms with Crippen LogP contribution in [-0.2, 0) is 6.54 Å². The molecule has 0 aliphatic heterocycles. The first-order chi connectivity index (χ1) is 13.2. The molecule has 1 N–H and O–H groups in total. The van der Waals surface area contributed by atoms with Crippen LogP contribution in [0.4, 0.5) is 5.82 Å². The van der Waals surface area contributed by atoms with Crippen LogP contribution in [0.25, 0.3) is 10.6 Å². The molecule has 6 nitrogen and oxygen atoms in total. The number of amides is 1. The van der Waals surface area contributed by atoms with Gasteiger partial charge in [-0.2, -0.15) is 5.10 Å². The highest BCUT2D eigenvalue weighted by atomic mass is 35.5. The van der Waals surface area contributed by atoms with Gasteiger partial charge in [0.1, 0.15) is 10.7 Å². The van der Waals surface area contributed by atoms with Gasteiger partial charge in [0.25, 0.3) is 5.91 Å². The third-order valence-corrected chi connectivity index (χ3v) is 4.95. The van der Waals surface area contributed by atoms with E-state index in [4.69, 9.17) is 11.6 Å². The van der Waals surface area contributed by atoms with E-state index < -0.39 is 0 Å². The van der Waals surface area contributed by atoms with Crippen molar-refractivity contribution >= 4 is 34.7 Å². The van der Waals surface area contributed by atoms with Crippen LogP contribution in [0.5, 0.6) is 0 Å². The van der Waals surface area contributed by atoms with E-state index in [0.29, 0.717) is 23.1 Å². The standard InChI is InChI=1S/C19H14ClN5OS/c20-15-3-1-14(2-4-15)19-22-16(12-27-19)18(26)23-17-7-10-25(24-17)11-13-5-8-21-9-6-13/h1-10,12H,11H2,(H,23,24,26). The first-order valence-corrected chi connectivity index (χ1v) is 9.38. The van der Waals surface area contributed by atoms with Crippen LogP contribution in [0.2, 0.25) is 5.02 Å². The van der Waals surface area contributed by atoms with Gasteiger partial charge in [-0.3, -0.25) is 14.5 Å². The van der Waals surface area contributed by atoms with Crippen LogP contribution in [-0.4, -0.2) is 25.7 Å². The van der Waals surface area contributed by atoms with E-state index in [9.17, 15) is 4.79 Å². The summed E-state index contributed by atoms with van der Waals surface area (Å²) in [6.45, 7) is 0.607. The van der Waals surface area contributed by atoms with Crippen LogP contribution in [0.15, 0.2) is 66.4 Å². The van der Waals surface area contributed by atoms with E-state index >= 15 is 0 Å². The summed E-state index contributed by atoms with van der Waals surface area (Å²) in [5.74, 6) is 0.190. The van der Waals surface area contributed by atoms with Gasteiger partial charge in [0.2, 0.25) is 0 Å². The number of anilines is 1. The molecule has 3 aromatic heterocycles. The summed E-state index contributed by atoms with van der Waals surface area (Å²) in [4.78, 5) is 20.8. The summed E-state index contributed by atoms with van der Waals surface area (Å²) in [6.07, 6.45) is 5.29. The SMILES string of the molecule is O=C(Nc1ccn(Cc2ccncc2)n1)c1csc(-c2ccc(Cl)cc2)n1. The first-order valence-electron chi connectivity index (χ1n) is 8.12. The normalized spacial score (nSPS) is 10.7. The van der Waals surface area contributed by atoms with Crippen LogP contribution < -0.4 is 5.32 Å². The smallest absolute Gasteiger partial charge is 0.276 e. The summed E-state index contributed by atoms with van der Waals surface area (Å²) in [6, 6.07) is 13.0. The zero-order valence-electron chi connectivity index (χ0n) is 14.0. The molecular weight excluding hydrogens is 382 g/mol. The molecule has 1 aromatic carbocycles. The van der Waals surface area contributed by atoms with Crippen molar-refractivity contribution in [2.45, 2.75) is 6.54 Å². The van der Waals surface area contributed by atoms with E-state index in [1.807, 2.05) is 30.5 Å². The Balaban J connectivity index is 1.43. The predicted octanol–water partition coefficient (Wildman–Crippen LogP) is 4.36. The Morgan fingerprint density at radius 2 is 1.89 bits per heavy atom. The third kappa shape index (κ3) is 4.21. The minimum absolute atomic E-state index is 0.291. The molecule has 0 spiro atoms. The molecule has 0 atom stereocenters. The van der Waals surface area contributed by atoms with Gasteiger partial charge in [0.15, 0.2) is 5.82 Å². The van der Waals surface area contributed by atoms with E-state index in [2.05, 4.69) is 20.4 Å². The molecule has 0 fully saturated rings. The predicted molar refractivity (Wildman–Crippen MR) is 106 cm³/mol. The minimum atomic E-state index is -0.291. The van der Waals surface area contributed by atoms with Gasteiger partial charge in [-0.05, 0) is 29.8 Å². The molecule has 0 saturated carbocycles. The molecule has 134 valence electrons. The van der Waals surface area contributed by atoms with Crippen molar-refractivity contribution in [2.75, 3.05) is 5.32 Å². The zero-order chi connectivity index (χ0) is 18.6. The van der Waals surface area contributed by atoms with Gasteiger partial charge in [-0.1, -0.05) is 23.7 Å². The minimum Gasteiger partial charge on any atom is -0.304 e. The molecule has 4 aromatic rings. The Labute approximate surface area is 164 Å². The van der Waals surface area contributed by atoms with Crippen molar-refractivity contribution in [3.05, 3.63) is 82.7 Å². The van der Waals surface area contributed by atoms with Crippen LogP contribution in [0, 0.1) is 0 Å². The van der Waals surface area contributed by atoms with Crippen LogP contribution >= 0.6 is 22.9 Å². The molecule has 0 saturated heterocycles. The van der Waals surface area contributed by atoms with Gasteiger partial charge in [-0.15, -0.1) is 11.3 Å². The summed E-state index contributed by atoms with van der Waals surface area (Å²) in [7, 11) is 0. The highest BCUT2D eigenvalue weighted by molar-refractivity contribution is 7.13. The number of benzene rings is 1. The van der Waals surface area contributed by atoms with E-state index in [-0.39, 0.29) is 5.91 Å². The Morgan fingerprint density at radius 1 is 1.11 bits per heavy atom. The summed E-state index contributed by atoms with van der Waals surface area (Å²) < 4.78 is 1.76. The molecule has 1 amide bonds. The lowest BCUT2D eigenvalue weighted by Crippen LogP contribution is -2.13. The Hall–Kier alpha value is -3.03. The molecule has 0 radical (unpaired) electrons. The first kappa shape index (κ1) is 17.4. The maximum absolute atomic E-state index is 12.4. The van der Waals surface area contributed by atoms with Gasteiger partial charge in [0, 0.05) is 40.6 Å². The molecule has 27 heavy (non-hydrogen) atoms. The number of aromatic nitrogens is 4. The van der Waals surface area contributed by atoms with Gasteiger partial charge < -0.3 is 5.32 Å². The summed E-state index contributed by atoms with van der Waals surface area (Å²) in [5, 5.41) is 10.3. The quantitative estimate of drug-likeness (QED) is 0.545. The number of carbonyl (C=O) groups is 1. The van der Waals surface area contributed by atoms with Gasteiger partial charge in [0.05, 0.1) is 6.54 Å². The molecule has 8 heteroatoms. The van der Waals surface area contributed by atoms with Gasteiger partial charge in [-0.25, -0.2) is 4.98 Å². The van der Waals surface area contributed by atoms with Crippen LogP contribution in [0.1, 0.15) is 16.1 Å². The highest BCUT2D eigenvalue weighted by Crippen LogP contribution is 2.25. The van der Waals surface area contributed by atoms with Crippen molar-refractivity contribution in [2.24, 2.45) is 0 Å². The second-order valence-corrected chi connectivity index (χ2v) is 7.05. The van der Waals surface area contributed by atoms with E-state index in [0.717, 1.165) is 16.1 Å². The zero-order valence-corrected chi connectivity index (χ0v) is 15.6. The lowest BCUT2D eigenvalue weighted by atomic mass is 10.2. The Bertz CT molecular complexity index is 1060. The van der Waals surface area contributed by atoms with Gasteiger partial charge >= 0.3 is 0 Å². The Morgan fingerprint density at radius 3 is 2.67 bits per heavy atom. The number of thiazole rings is 1. The fourth-order valence-corrected chi connectivity index (χ4v) is 3.41. The maximum atomic E-state index is 12.4. The third-order valence-electron chi connectivity index (χ3n) is 3.80. The molecule has 3 heterocycles. The fourth-order valence-electron chi connectivity index (χ4n) is 2.48. The lowest BCUT2D eigenvalue weighted by molar-refractivity contribution is 0.102.